The number of nitrogens with zero attached hydrogens (tertiary/aromatic N) is 2. The summed E-state index contributed by atoms with van der Waals surface area (Å²) < 4.78 is 5.09. The van der Waals surface area contributed by atoms with Crippen LogP contribution in [0.1, 0.15) is 31.0 Å². The van der Waals surface area contributed by atoms with Gasteiger partial charge in [-0.3, -0.25) is 0 Å². The van der Waals surface area contributed by atoms with Crippen LogP contribution >= 0.6 is 0 Å². The number of nitriles is 1. The number of hydrogen-bond acceptors (Lipinski definition) is 3. The summed E-state index contributed by atoms with van der Waals surface area (Å²) >= 11 is 0. The zero-order chi connectivity index (χ0) is 9.84. The predicted octanol–water partition coefficient (Wildman–Crippen LogP) is 2.09. The second-order valence-electron chi connectivity index (χ2n) is 3.06. The second-order valence-corrected chi connectivity index (χ2v) is 3.06. The van der Waals surface area contributed by atoms with E-state index in [1.54, 1.807) is 13.2 Å². The van der Waals surface area contributed by atoms with Crippen molar-refractivity contribution in [2.75, 3.05) is 7.11 Å². The Labute approximate surface area is 78.0 Å². The Bertz CT molecular complexity index is 339. The fraction of sp³-hybridized carbons (Fsp3) is 0.400. The molecule has 0 saturated heterocycles. The van der Waals surface area contributed by atoms with Gasteiger partial charge in [-0.2, -0.15) is 5.26 Å². The number of methoxy groups -OCH3 is 1. The van der Waals surface area contributed by atoms with Crippen LogP contribution in [-0.2, 0) is 0 Å². The maximum atomic E-state index is 8.62. The Kier molecular flexibility index (Phi) is 2.86. The fourth-order valence-electron chi connectivity index (χ4n) is 1.12. The minimum Gasteiger partial charge on any atom is -0.481 e. The highest BCUT2D eigenvalue weighted by molar-refractivity contribution is 5.34. The van der Waals surface area contributed by atoms with Crippen molar-refractivity contribution in [3.8, 4) is 11.9 Å². The van der Waals surface area contributed by atoms with Crippen molar-refractivity contribution in [2.45, 2.75) is 19.8 Å². The van der Waals surface area contributed by atoms with E-state index in [0.29, 0.717) is 17.5 Å². The summed E-state index contributed by atoms with van der Waals surface area (Å²) in [6, 6.07) is 5.57. The normalized spacial score (nSPS) is 9.77. The van der Waals surface area contributed by atoms with E-state index < -0.39 is 0 Å². The van der Waals surface area contributed by atoms with Crippen LogP contribution in [0.15, 0.2) is 12.1 Å². The molecule has 0 amide bonds. The standard InChI is InChI=1S/C10H12N2O/c1-7(2)9-5-4-8(6-11)12-10(9)13-3/h4-5,7H,1-3H3. The molecular formula is C10H12N2O. The van der Waals surface area contributed by atoms with Crippen LogP contribution in [0.5, 0.6) is 5.88 Å². The first-order valence-electron chi connectivity index (χ1n) is 4.14. The molecule has 0 aromatic carbocycles. The molecule has 1 aromatic rings. The number of rotatable bonds is 2. The van der Waals surface area contributed by atoms with E-state index in [2.05, 4.69) is 18.8 Å². The van der Waals surface area contributed by atoms with Crippen LogP contribution < -0.4 is 4.74 Å². The number of ether oxygens (including phenoxy) is 1. The second kappa shape index (κ2) is 3.90. The average molecular weight is 176 g/mol. The van der Waals surface area contributed by atoms with Crippen LogP contribution in [-0.4, -0.2) is 12.1 Å². The summed E-state index contributed by atoms with van der Waals surface area (Å²) in [5, 5.41) is 8.62. The van der Waals surface area contributed by atoms with Gasteiger partial charge in [0.2, 0.25) is 5.88 Å². The van der Waals surface area contributed by atoms with E-state index in [4.69, 9.17) is 10.00 Å². The summed E-state index contributed by atoms with van der Waals surface area (Å²) in [4.78, 5) is 4.05. The van der Waals surface area contributed by atoms with Crippen molar-refractivity contribution in [2.24, 2.45) is 0 Å². The molecular weight excluding hydrogens is 164 g/mol. The molecule has 1 rings (SSSR count). The fourth-order valence-corrected chi connectivity index (χ4v) is 1.12. The van der Waals surface area contributed by atoms with Crippen molar-refractivity contribution < 1.29 is 4.74 Å². The maximum absolute atomic E-state index is 8.62. The lowest BCUT2D eigenvalue weighted by molar-refractivity contribution is 0.390. The van der Waals surface area contributed by atoms with Crippen LogP contribution in [0.25, 0.3) is 0 Å². The first-order valence-corrected chi connectivity index (χ1v) is 4.14. The Hall–Kier alpha value is -1.56. The predicted molar refractivity (Wildman–Crippen MR) is 49.6 cm³/mol. The van der Waals surface area contributed by atoms with Gasteiger partial charge in [0.1, 0.15) is 11.8 Å². The Morgan fingerprint density at radius 2 is 2.15 bits per heavy atom. The minimum absolute atomic E-state index is 0.357. The number of hydrogen-bond donors (Lipinski definition) is 0. The quantitative estimate of drug-likeness (QED) is 0.693. The summed E-state index contributed by atoms with van der Waals surface area (Å²) in [5.41, 5.74) is 1.42. The Morgan fingerprint density at radius 1 is 1.46 bits per heavy atom. The molecule has 0 fully saturated rings. The van der Waals surface area contributed by atoms with Crippen LogP contribution in [0, 0.1) is 11.3 Å². The van der Waals surface area contributed by atoms with E-state index in [9.17, 15) is 0 Å². The lowest BCUT2D eigenvalue weighted by atomic mass is 10.0. The molecule has 3 nitrogen and oxygen atoms in total. The summed E-state index contributed by atoms with van der Waals surface area (Å²) in [6.07, 6.45) is 0. The summed E-state index contributed by atoms with van der Waals surface area (Å²) in [5.74, 6) is 0.907. The third kappa shape index (κ3) is 1.97. The van der Waals surface area contributed by atoms with Crippen LogP contribution in [0.2, 0.25) is 0 Å². The zero-order valence-corrected chi connectivity index (χ0v) is 8.03. The maximum Gasteiger partial charge on any atom is 0.217 e. The van der Waals surface area contributed by atoms with Gasteiger partial charge in [0.25, 0.3) is 0 Å². The van der Waals surface area contributed by atoms with Gasteiger partial charge in [-0.05, 0) is 12.0 Å². The van der Waals surface area contributed by atoms with E-state index in [0.717, 1.165) is 5.56 Å². The lowest BCUT2D eigenvalue weighted by Gasteiger charge is -2.09. The molecule has 0 aliphatic heterocycles. The van der Waals surface area contributed by atoms with Crippen molar-refractivity contribution in [1.29, 1.82) is 5.26 Å². The molecule has 0 spiro atoms. The molecule has 3 heteroatoms. The molecule has 0 atom stereocenters. The molecule has 0 N–H and O–H groups in total. The molecule has 0 bridgehead atoms. The zero-order valence-electron chi connectivity index (χ0n) is 8.03. The van der Waals surface area contributed by atoms with Gasteiger partial charge in [0.05, 0.1) is 7.11 Å². The first kappa shape index (κ1) is 9.53. The van der Waals surface area contributed by atoms with Gasteiger partial charge in [-0.15, -0.1) is 0 Å². The van der Waals surface area contributed by atoms with E-state index >= 15 is 0 Å². The largest absolute Gasteiger partial charge is 0.481 e. The monoisotopic (exact) mass is 176 g/mol. The molecule has 13 heavy (non-hydrogen) atoms. The van der Waals surface area contributed by atoms with Crippen molar-refractivity contribution in [3.63, 3.8) is 0 Å². The van der Waals surface area contributed by atoms with Gasteiger partial charge >= 0.3 is 0 Å². The van der Waals surface area contributed by atoms with Gasteiger partial charge in [-0.1, -0.05) is 19.9 Å². The lowest BCUT2D eigenvalue weighted by Crippen LogP contribution is -1.98. The molecule has 1 aromatic heterocycles. The SMILES string of the molecule is COc1nc(C#N)ccc1C(C)C. The van der Waals surface area contributed by atoms with Gasteiger partial charge < -0.3 is 4.74 Å². The molecule has 1 heterocycles. The molecule has 0 aliphatic rings. The van der Waals surface area contributed by atoms with Gasteiger partial charge in [0.15, 0.2) is 0 Å². The van der Waals surface area contributed by atoms with Gasteiger partial charge in [0, 0.05) is 5.56 Å². The number of pyridine rings is 1. The van der Waals surface area contributed by atoms with Crippen LogP contribution in [0.3, 0.4) is 0 Å². The van der Waals surface area contributed by atoms with E-state index in [1.165, 1.54) is 0 Å². The van der Waals surface area contributed by atoms with Crippen molar-refractivity contribution in [3.05, 3.63) is 23.4 Å². The highest BCUT2D eigenvalue weighted by Gasteiger charge is 2.08. The molecule has 0 unspecified atom stereocenters. The summed E-state index contributed by atoms with van der Waals surface area (Å²) in [6.45, 7) is 4.12. The topological polar surface area (TPSA) is 45.9 Å². The minimum atomic E-state index is 0.357. The highest BCUT2D eigenvalue weighted by Crippen LogP contribution is 2.23. The van der Waals surface area contributed by atoms with E-state index in [1.807, 2.05) is 12.1 Å². The molecule has 0 aliphatic carbocycles. The third-order valence-electron chi connectivity index (χ3n) is 1.82. The Balaban J connectivity index is 3.17. The van der Waals surface area contributed by atoms with Crippen LogP contribution in [0.4, 0.5) is 0 Å². The molecule has 68 valence electrons. The van der Waals surface area contributed by atoms with E-state index in [-0.39, 0.29) is 0 Å². The molecule has 0 radical (unpaired) electrons. The highest BCUT2D eigenvalue weighted by atomic mass is 16.5. The third-order valence-corrected chi connectivity index (χ3v) is 1.82. The van der Waals surface area contributed by atoms with Gasteiger partial charge in [-0.25, -0.2) is 4.98 Å². The molecule has 0 saturated carbocycles. The summed E-state index contributed by atoms with van der Waals surface area (Å²) in [7, 11) is 1.56. The Morgan fingerprint density at radius 3 is 2.62 bits per heavy atom. The van der Waals surface area contributed by atoms with Crippen molar-refractivity contribution in [1.82, 2.24) is 4.98 Å². The number of aromatic nitrogens is 1. The first-order chi connectivity index (χ1) is 6.19. The van der Waals surface area contributed by atoms with Crippen molar-refractivity contribution >= 4 is 0 Å². The smallest absolute Gasteiger partial charge is 0.217 e. The average Bonchev–Trinajstić information content (AvgIpc) is 2.16.